The number of amides is 2. The molecule has 6 heteroatoms. The van der Waals surface area contributed by atoms with E-state index < -0.39 is 0 Å². The van der Waals surface area contributed by atoms with Crippen molar-refractivity contribution in [1.82, 2.24) is 14.9 Å². The summed E-state index contributed by atoms with van der Waals surface area (Å²) in [5.74, 6) is 1.22. The first-order valence-corrected chi connectivity index (χ1v) is 8.80. The van der Waals surface area contributed by atoms with Crippen molar-refractivity contribution in [2.24, 2.45) is 5.41 Å². The van der Waals surface area contributed by atoms with Crippen LogP contribution in [0.25, 0.3) is 0 Å². The molecular formula is C18H23N3O3. The molecule has 2 fully saturated rings. The minimum absolute atomic E-state index is 0.0355. The molecule has 3 aliphatic rings. The Morgan fingerprint density at radius 3 is 2.46 bits per heavy atom. The molecule has 2 amide bonds. The van der Waals surface area contributed by atoms with Gasteiger partial charge in [-0.25, -0.2) is 4.98 Å². The highest BCUT2D eigenvalue weighted by molar-refractivity contribution is 5.98. The molecule has 0 radical (unpaired) electrons. The summed E-state index contributed by atoms with van der Waals surface area (Å²) in [7, 11) is 0. The third-order valence-electron chi connectivity index (χ3n) is 5.70. The molecule has 0 N–H and O–H groups in total. The quantitative estimate of drug-likeness (QED) is 0.777. The normalized spacial score (nSPS) is 25.2. The molecule has 1 saturated carbocycles. The summed E-state index contributed by atoms with van der Waals surface area (Å²) in [6.45, 7) is 4.10. The standard InChI is InChI=1S/C18H23N3O3/c1-11-14-7-13(24-17(14)20-12(2)19-11)10-21-15(22)8-18(9-16(21)23)5-3-4-6-18/h13H,3-10H2,1-2H3. The predicted octanol–water partition coefficient (Wildman–Crippen LogP) is 2.11. The van der Waals surface area contributed by atoms with Crippen LogP contribution in [-0.2, 0) is 16.0 Å². The van der Waals surface area contributed by atoms with Gasteiger partial charge in [0.15, 0.2) is 0 Å². The average molecular weight is 329 g/mol. The molecule has 1 aromatic rings. The maximum absolute atomic E-state index is 12.6. The van der Waals surface area contributed by atoms with Gasteiger partial charge in [0.25, 0.3) is 0 Å². The van der Waals surface area contributed by atoms with Gasteiger partial charge in [-0.3, -0.25) is 14.5 Å². The molecule has 1 spiro atoms. The zero-order valence-electron chi connectivity index (χ0n) is 14.3. The molecule has 1 atom stereocenters. The molecule has 0 aromatic carbocycles. The number of ether oxygens (including phenoxy) is 1. The topological polar surface area (TPSA) is 72.4 Å². The summed E-state index contributed by atoms with van der Waals surface area (Å²) in [5, 5.41) is 0. The van der Waals surface area contributed by atoms with E-state index in [1.54, 1.807) is 0 Å². The van der Waals surface area contributed by atoms with E-state index in [-0.39, 0.29) is 23.3 Å². The van der Waals surface area contributed by atoms with E-state index in [2.05, 4.69) is 9.97 Å². The van der Waals surface area contributed by atoms with Crippen LogP contribution in [0, 0.1) is 19.3 Å². The van der Waals surface area contributed by atoms with Gasteiger partial charge in [0.2, 0.25) is 17.7 Å². The molecule has 128 valence electrons. The van der Waals surface area contributed by atoms with E-state index in [1.165, 1.54) is 4.90 Å². The summed E-state index contributed by atoms with van der Waals surface area (Å²) in [5.41, 5.74) is 1.86. The second kappa shape index (κ2) is 5.53. The van der Waals surface area contributed by atoms with E-state index in [1.807, 2.05) is 13.8 Å². The van der Waals surface area contributed by atoms with Crippen molar-refractivity contribution in [3.63, 3.8) is 0 Å². The first-order valence-electron chi connectivity index (χ1n) is 8.80. The molecule has 24 heavy (non-hydrogen) atoms. The molecule has 3 heterocycles. The summed E-state index contributed by atoms with van der Waals surface area (Å²) in [6, 6.07) is 0. The van der Waals surface area contributed by atoms with Crippen LogP contribution < -0.4 is 4.74 Å². The zero-order chi connectivity index (χ0) is 16.9. The van der Waals surface area contributed by atoms with E-state index >= 15 is 0 Å². The highest BCUT2D eigenvalue weighted by Gasteiger charge is 2.46. The second-order valence-electron chi connectivity index (χ2n) is 7.54. The van der Waals surface area contributed by atoms with Crippen LogP contribution in [0.5, 0.6) is 5.88 Å². The van der Waals surface area contributed by atoms with Crippen LogP contribution in [0.2, 0.25) is 0 Å². The minimum Gasteiger partial charge on any atom is -0.472 e. The van der Waals surface area contributed by atoms with Crippen LogP contribution >= 0.6 is 0 Å². The maximum atomic E-state index is 12.6. The van der Waals surface area contributed by atoms with Crippen LogP contribution in [0.4, 0.5) is 0 Å². The number of carbonyl (C=O) groups is 2. The lowest BCUT2D eigenvalue weighted by molar-refractivity contribution is -0.154. The Morgan fingerprint density at radius 1 is 1.12 bits per heavy atom. The van der Waals surface area contributed by atoms with Gasteiger partial charge in [-0.2, -0.15) is 4.98 Å². The Balaban J connectivity index is 1.46. The van der Waals surface area contributed by atoms with E-state index in [4.69, 9.17) is 4.74 Å². The Kier molecular flexibility index (Phi) is 3.58. The predicted molar refractivity (Wildman–Crippen MR) is 86.5 cm³/mol. The lowest BCUT2D eigenvalue weighted by Gasteiger charge is -2.37. The zero-order valence-corrected chi connectivity index (χ0v) is 14.3. The van der Waals surface area contributed by atoms with Crippen molar-refractivity contribution in [2.45, 2.75) is 64.9 Å². The fraction of sp³-hybridized carbons (Fsp3) is 0.667. The number of rotatable bonds is 2. The lowest BCUT2D eigenvalue weighted by atomic mass is 9.76. The van der Waals surface area contributed by atoms with Crippen LogP contribution in [-0.4, -0.2) is 39.3 Å². The number of nitrogens with zero attached hydrogens (tertiary/aromatic N) is 3. The Hall–Kier alpha value is -1.98. The molecule has 6 nitrogen and oxygen atoms in total. The number of aromatic nitrogens is 2. The van der Waals surface area contributed by atoms with Gasteiger partial charge in [-0.05, 0) is 32.1 Å². The number of carbonyl (C=O) groups excluding carboxylic acids is 2. The number of aryl methyl sites for hydroxylation is 2. The van der Waals surface area contributed by atoms with Gasteiger partial charge in [0.1, 0.15) is 11.9 Å². The van der Waals surface area contributed by atoms with Crippen molar-refractivity contribution in [3.05, 3.63) is 17.1 Å². The first kappa shape index (κ1) is 15.5. The van der Waals surface area contributed by atoms with Crippen molar-refractivity contribution in [1.29, 1.82) is 0 Å². The molecule has 1 unspecified atom stereocenters. The Morgan fingerprint density at radius 2 is 1.79 bits per heavy atom. The number of likely N-dealkylation sites (tertiary alicyclic amines) is 1. The summed E-state index contributed by atoms with van der Waals surface area (Å²) in [6.07, 6.45) is 5.77. The smallest absolute Gasteiger partial charge is 0.229 e. The van der Waals surface area contributed by atoms with E-state index in [0.29, 0.717) is 37.5 Å². The lowest BCUT2D eigenvalue weighted by Crippen LogP contribution is -2.50. The Bertz CT molecular complexity index is 690. The average Bonchev–Trinajstić information content (AvgIpc) is 3.10. The van der Waals surface area contributed by atoms with Crippen LogP contribution in [0.1, 0.15) is 55.6 Å². The molecule has 1 saturated heterocycles. The third kappa shape index (κ3) is 2.58. The number of hydrogen-bond acceptors (Lipinski definition) is 5. The highest BCUT2D eigenvalue weighted by atomic mass is 16.5. The second-order valence-corrected chi connectivity index (χ2v) is 7.54. The maximum Gasteiger partial charge on any atom is 0.229 e. The van der Waals surface area contributed by atoms with Crippen molar-refractivity contribution in [3.8, 4) is 5.88 Å². The molecule has 2 aliphatic heterocycles. The third-order valence-corrected chi connectivity index (χ3v) is 5.70. The largest absolute Gasteiger partial charge is 0.472 e. The fourth-order valence-corrected chi connectivity index (χ4v) is 4.49. The van der Waals surface area contributed by atoms with Crippen molar-refractivity contribution >= 4 is 11.8 Å². The van der Waals surface area contributed by atoms with Crippen molar-refractivity contribution in [2.75, 3.05) is 6.54 Å². The first-order chi connectivity index (χ1) is 11.5. The summed E-state index contributed by atoms with van der Waals surface area (Å²) < 4.78 is 5.89. The van der Waals surface area contributed by atoms with Gasteiger partial charge in [-0.1, -0.05) is 12.8 Å². The molecule has 4 rings (SSSR count). The molecule has 0 bridgehead atoms. The van der Waals surface area contributed by atoms with Gasteiger partial charge < -0.3 is 4.74 Å². The number of piperidine rings is 1. The summed E-state index contributed by atoms with van der Waals surface area (Å²) >= 11 is 0. The SMILES string of the molecule is Cc1nc(C)c2c(n1)OC(CN1C(=O)CC3(CCCC3)CC1=O)C2. The monoisotopic (exact) mass is 329 g/mol. The van der Waals surface area contributed by atoms with Crippen LogP contribution in [0.3, 0.4) is 0 Å². The molecular weight excluding hydrogens is 306 g/mol. The van der Waals surface area contributed by atoms with E-state index in [0.717, 1.165) is 36.9 Å². The minimum atomic E-state index is -0.208. The molecule has 1 aliphatic carbocycles. The summed E-state index contributed by atoms with van der Waals surface area (Å²) in [4.78, 5) is 35.2. The number of imide groups is 1. The highest BCUT2D eigenvalue weighted by Crippen LogP contribution is 2.47. The van der Waals surface area contributed by atoms with Gasteiger partial charge in [0, 0.05) is 30.5 Å². The number of hydrogen-bond donors (Lipinski definition) is 0. The van der Waals surface area contributed by atoms with E-state index in [9.17, 15) is 9.59 Å². The van der Waals surface area contributed by atoms with Gasteiger partial charge in [-0.15, -0.1) is 0 Å². The fourth-order valence-electron chi connectivity index (χ4n) is 4.49. The Labute approximate surface area is 141 Å². The number of fused-ring (bicyclic) bond motifs is 1. The van der Waals surface area contributed by atoms with Gasteiger partial charge in [0.05, 0.1) is 6.54 Å². The van der Waals surface area contributed by atoms with Crippen LogP contribution in [0.15, 0.2) is 0 Å². The molecule has 1 aromatic heterocycles. The van der Waals surface area contributed by atoms with Gasteiger partial charge >= 0.3 is 0 Å². The van der Waals surface area contributed by atoms with Crippen molar-refractivity contribution < 1.29 is 14.3 Å².